The molecule has 2 atom stereocenters. The standard InChI is InChI=1S/C18H24N4O2/c1-13(2)17-19-18(24-20-17)22-11-15-16(12-22)23-9-8-21(15)10-14-6-4-3-5-7-14/h3-7,13,15-16H,8-12H2,1-2H3/t15-,16+/m1/s1. The van der Waals surface area contributed by atoms with Gasteiger partial charge in [0.05, 0.1) is 25.3 Å². The molecule has 0 amide bonds. The third-order valence-electron chi connectivity index (χ3n) is 4.86. The van der Waals surface area contributed by atoms with E-state index < -0.39 is 0 Å². The van der Waals surface area contributed by atoms with E-state index in [1.54, 1.807) is 0 Å². The Hall–Kier alpha value is -1.92. The molecule has 0 radical (unpaired) electrons. The molecule has 0 saturated carbocycles. The minimum atomic E-state index is 0.205. The predicted octanol–water partition coefficient (Wildman–Crippen LogP) is 2.28. The van der Waals surface area contributed by atoms with Crippen molar-refractivity contribution in [3.63, 3.8) is 0 Å². The van der Waals surface area contributed by atoms with E-state index in [4.69, 9.17) is 9.26 Å². The number of nitrogens with zero attached hydrogens (tertiary/aromatic N) is 4. The van der Waals surface area contributed by atoms with E-state index in [1.807, 2.05) is 0 Å². The molecule has 24 heavy (non-hydrogen) atoms. The van der Waals surface area contributed by atoms with Crippen molar-refractivity contribution in [3.8, 4) is 0 Å². The fourth-order valence-corrected chi connectivity index (χ4v) is 3.52. The van der Waals surface area contributed by atoms with Gasteiger partial charge in [-0.3, -0.25) is 4.90 Å². The van der Waals surface area contributed by atoms with Gasteiger partial charge in [0.15, 0.2) is 5.82 Å². The first-order valence-electron chi connectivity index (χ1n) is 8.69. The molecular formula is C18H24N4O2. The van der Waals surface area contributed by atoms with Gasteiger partial charge < -0.3 is 14.2 Å². The van der Waals surface area contributed by atoms with E-state index in [9.17, 15) is 0 Å². The Labute approximate surface area is 142 Å². The highest BCUT2D eigenvalue weighted by Gasteiger charge is 2.41. The minimum Gasteiger partial charge on any atom is -0.373 e. The maximum Gasteiger partial charge on any atom is 0.324 e. The molecule has 6 nitrogen and oxygen atoms in total. The summed E-state index contributed by atoms with van der Waals surface area (Å²) in [6, 6.07) is 11.6. The summed E-state index contributed by atoms with van der Waals surface area (Å²) in [6.07, 6.45) is 0.205. The molecule has 2 aliphatic heterocycles. The minimum absolute atomic E-state index is 0.205. The average molecular weight is 328 g/mol. The molecule has 2 aromatic rings. The normalized spacial score (nSPS) is 24.5. The van der Waals surface area contributed by atoms with E-state index in [2.05, 4.69) is 64.1 Å². The molecule has 6 heteroatoms. The second-order valence-electron chi connectivity index (χ2n) is 6.93. The third-order valence-corrected chi connectivity index (χ3v) is 4.86. The molecule has 2 fully saturated rings. The van der Waals surface area contributed by atoms with Crippen LogP contribution in [-0.4, -0.2) is 53.4 Å². The van der Waals surface area contributed by atoms with Gasteiger partial charge in [-0.15, -0.1) is 0 Å². The van der Waals surface area contributed by atoms with Crippen LogP contribution in [0.2, 0.25) is 0 Å². The lowest BCUT2D eigenvalue weighted by Crippen LogP contribution is -2.50. The van der Waals surface area contributed by atoms with Crippen molar-refractivity contribution < 1.29 is 9.26 Å². The quantitative estimate of drug-likeness (QED) is 0.858. The van der Waals surface area contributed by atoms with Gasteiger partial charge in [0.25, 0.3) is 0 Å². The van der Waals surface area contributed by atoms with Crippen LogP contribution in [0.3, 0.4) is 0 Å². The summed E-state index contributed by atoms with van der Waals surface area (Å²) in [4.78, 5) is 9.21. The Bertz CT molecular complexity index is 673. The lowest BCUT2D eigenvalue weighted by atomic mass is 10.1. The SMILES string of the molecule is CC(C)c1noc(N2C[C@@H]3OCCN(Cc4ccccc4)[C@@H]3C2)n1. The summed E-state index contributed by atoms with van der Waals surface area (Å²) >= 11 is 0. The highest BCUT2D eigenvalue weighted by Crippen LogP contribution is 2.28. The first-order chi connectivity index (χ1) is 11.7. The summed E-state index contributed by atoms with van der Waals surface area (Å²) in [5, 5.41) is 4.08. The number of benzene rings is 1. The van der Waals surface area contributed by atoms with E-state index in [0.29, 0.717) is 12.1 Å². The van der Waals surface area contributed by atoms with Gasteiger partial charge in [0.1, 0.15) is 0 Å². The maximum absolute atomic E-state index is 6.00. The van der Waals surface area contributed by atoms with Gasteiger partial charge in [-0.1, -0.05) is 49.3 Å². The monoisotopic (exact) mass is 328 g/mol. The van der Waals surface area contributed by atoms with Crippen molar-refractivity contribution >= 4 is 6.01 Å². The fraction of sp³-hybridized carbons (Fsp3) is 0.556. The van der Waals surface area contributed by atoms with Gasteiger partial charge in [-0.05, 0) is 5.56 Å². The summed E-state index contributed by atoms with van der Waals surface area (Å²) in [5.74, 6) is 1.04. The number of anilines is 1. The van der Waals surface area contributed by atoms with Gasteiger partial charge in [-0.25, -0.2) is 0 Å². The second-order valence-corrected chi connectivity index (χ2v) is 6.93. The van der Waals surface area contributed by atoms with E-state index in [0.717, 1.165) is 38.6 Å². The van der Waals surface area contributed by atoms with E-state index in [-0.39, 0.29) is 12.0 Å². The van der Waals surface area contributed by atoms with Gasteiger partial charge in [0.2, 0.25) is 0 Å². The molecule has 1 aromatic carbocycles. The number of morpholine rings is 1. The molecule has 128 valence electrons. The van der Waals surface area contributed by atoms with Crippen molar-refractivity contribution in [2.24, 2.45) is 0 Å². The van der Waals surface area contributed by atoms with Gasteiger partial charge in [0, 0.05) is 25.6 Å². The molecule has 3 heterocycles. The van der Waals surface area contributed by atoms with Crippen LogP contribution in [0.5, 0.6) is 0 Å². The van der Waals surface area contributed by atoms with Crippen molar-refractivity contribution in [1.82, 2.24) is 15.0 Å². The number of rotatable bonds is 4. The molecule has 4 rings (SSSR count). The summed E-state index contributed by atoms with van der Waals surface area (Å²) in [6.45, 7) is 8.54. The van der Waals surface area contributed by atoms with E-state index >= 15 is 0 Å². The average Bonchev–Trinajstić information content (AvgIpc) is 3.23. The molecule has 0 spiro atoms. The lowest BCUT2D eigenvalue weighted by Gasteiger charge is -2.36. The van der Waals surface area contributed by atoms with Crippen LogP contribution >= 0.6 is 0 Å². The lowest BCUT2D eigenvalue weighted by molar-refractivity contribution is -0.0499. The number of fused-ring (bicyclic) bond motifs is 1. The molecule has 0 aliphatic carbocycles. The Morgan fingerprint density at radius 2 is 2.04 bits per heavy atom. The largest absolute Gasteiger partial charge is 0.373 e. The molecule has 1 aromatic heterocycles. The van der Waals surface area contributed by atoms with Crippen molar-refractivity contribution in [2.75, 3.05) is 31.1 Å². The number of aromatic nitrogens is 2. The van der Waals surface area contributed by atoms with Gasteiger partial charge >= 0.3 is 6.01 Å². The van der Waals surface area contributed by atoms with Crippen LogP contribution in [0.25, 0.3) is 0 Å². The molecule has 2 aliphatic rings. The first kappa shape index (κ1) is 15.6. The third kappa shape index (κ3) is 3.03. The van der Waals surface area contributed by atoms with Crippen molar-refractivity contribution in [2.45, 2.75) is 38.5 Å². The van der Waals surface area contributed by atoms with Crippen molar-refractivity contribution in [3.05, 3.63) is 41.7 Å². The number of ether oxygens (including phenoxy) is 1. The zero-order valence-electron chi connectivity index (χ0n) is 14.3. The Morgan fingerprint density at radius 3 is 2.79 bits per heavy atom. The molecule has 2 saturated heterocycles. The zero-order chi connectivity index (χ0) is 16.5. The Kier molecular flexibility index (Phi) is 4.24. The van der Waals surface area contributed by atoms with Crippen LogP contribution in [0.1, 0.15) is 31.2 Å². The summed E-state index contributed by atoms with van der Waals surface area (Å²) in [7, 11) is 0. The van der Waals surface area contributed by atoms with E-state index in [1.165, 1.54) is 5.56 Å². The number of hydrogen-bond acceptors (Lipinski definition) is 6. The first-order valence-corrected chi connectivity index (χ1v) is 8.69. The highest BCUT2D eigenvalue weighted by atomic mass is 16.5. The topological polar surface area (TPSA) is 54.6 Å². The van der Waals surface area contributed by atoms with Crippen molar-refractivity contribution in [1.29, 1.82) is 0 Å². The van der Waals surface area contributed by atoms with Crippen LogP contribution in [0.15, 0.2) is 34.9 Å². The van der Waals surface area contributed by atoms with Crippen LogP contribution in [-0.2, 0) is 11.3 Å². The Balaban J connectivity index is 1.47. The molecule has 0 unspecified atom stereocenters. The second kappa shape index (κ2) is 6.53. The maximum atomic E-state index is 6.00. The van der Waals surface area contributed by atoms with Gasteiger partial charge in [-0.2, -0.15) is 4.98 Å². The molecule has 0 N–H and O–H groups in total. The highest BCUT2D eigenvalue weighted by molar-refractivity contribution is 5.30. The molecular weight excluding hydrogens is 304 g/mol. The van der Waals surface area contributed by atoms with Crippen LogP contribution in [0.4, 0.5) is 6.01 Å². The predicted molar refractivity (Wildman–Crippen MR) is 91.0 cm³/mol. The zero-order valence-corrected chi connectivity index (χ0v) is 14.3. The van der Waals surface area contributed by atoms with Crippen LogP contribution < -0.4 is 4.90 Å². The summed E-state index contributed by atoms with van der Waals surface area (Å²) in [5.41, 5.74) is 1.34. The molecule has 0 bridgehead atoms. The number of hydrogen-bond donors (Lipinski definition) is 0. The smallest absolute Gasteiger partial charge is 0.324 e. The van der Waals surface area contributed by atoms with Crippen LogP contribution in [0, 0.1) is 0 Å². The summed E-state index contributed by atoms with van der Waals surface area (Å²) < 4.78 is 11.5. The Morgan fingerprint density at radius 1 is 1.21 bits per heavy atom. The fourth-order valence-electron chi connectivity index (χ4n) is 3.52.